The van der Waals surface area contributed by atoms with E-state index in [0.717, 1.165) is 28.8 Å². The summed E-state index contributed by atoms with van der Waals surface area (Å²) in [5.41, 5.74) is 1.02. The molecule has 0 radical (unpaired) electrons. The molecule has 5 nitrogen and oxygen atoms in total. The minimum absolute atomic E-state index is 0.235. The van der Waals surface area contributed by atoms with E-state index in [1.165, 1.54) is 5.19 Å². The third-order valence-electron chi connectivity index (χ3n) is 5.61. The molecule has 2 rings (SSSR count). The maximum Gasteiger partial charge on any atom is 0.320 e. The van der Waals surface area contributed by atoms with E-state index < -0.39 is 25.9 Å². The van der Waals surface area contributed by atoms with Gasteiger partial charge in [-0.05, 0) is 62.1 Å². The van der Waals surface area contributed by atoms with Crippen LogP contribution in [0.15, 0.2) is 48.5 Å². The van der Waals surface area contributed by atoms with Crippen LogP contribution in [-0.2, 0) is 25.5 Å². The Morgan fingerprint density at radius 1 is 0.939 bits per heavy atom. The first-order valence-corrected chi connectivity index (χ1v) is 15.2. The lowest BCUT2D eigenvalue weighted by Crippen LogP contribution is -2.42. The minimum atomic E-state index is -1.61. The first kappa shape index (κ1) is 26.9. The molecule has 0 saturated carbocycles. The number of halogens is 1. The average Bonchev–Trinajstić information content (AvgIpc) is 2.78. The van der Waals surface area contributed by atoms with Gasteiger partial charge in [-0.3, -0.25) is 9.59 Å². The molecule has 0 amide bonds. The number of carbonyl (C=O) groups excluding carboxylic acids is 2. The molecule has 180 valence electrons. The Balaban J connectivity index is 1.83. The van der Waals surface area contributed by atoms with Crippen molar-refractivity contribution >= 4 is 36.8 Å². The van der Waals surface area contributed by atoms with E-state index in [9.17, 15) is 9.59 Å². The van der Waals surface area contributed by atoms with Gasteiger partial charge in [-0.2, -0.15) is 0 Å². The Kier molecular flexibility index (Phi) is 10.9. The van der Waals surface area contributed by atoms with Crippen LogP contribution in [0.1, 0.15) is 32.3 Å². The smallest absolute Gasteiger partial charge is 0.320 e. The molecule has 0 aliphatic carbocycles. The summed E-state index contributed by atoms with van der Waals surface area (Å²) < 4.78 is 16.0. The number of hydrogen-bond donors (Lipinski definition) is 0. The Labute approximate surface area is 203 Å². The van der Waals surface area contributed by atoms with E-state index in [0.29, 0.717) is 19.4 Å². The van der Waals surface area contributed by atoms with Gasteiger partial charge in [0.05, 0.1) is 27.9 Å². The highest BCUT2D eigenvalue weighted by atomic mass is 35.5. The average molecular weight is 491 g/mol. The van der Waals surface area contributed by atoms with Crippen LogP contribution in [0, 0.1) is 5.92 Å². The van der Waals surface area contributed by atoms with E-state index >= 15 is 0 Å². The fourth-order valence-electron chi connectivity index (χ4n) is 3.73. The van der Waals surface area contributed by atoms with Gasteiger partial charge in [0.15, 0.2) is 5.92 Å². The van der Waals surface area contributed by atoms with Gasteiger partial charge in [-0.25, -0.2) is 0 Å². The number of rotatable bonds is 13. The molecular formula is C26H35ClO5Si. The van der Waals surface area contributed by atoms with Crippen molar-refractivity contribution < 1.29 is 23.8 Å². The molecule has 33 heavy (non-hydrogen) atoms. The lowest BCUT2D eigenvalue weighted by atomic mass is 9.99. The third kappa shape index (κ3) is 8.52. The van der Waals surface area contributed by atoms with E-state index in [1.54, 1.807) is 13.8 Å². The van der Waals surface area contributed by atoms with Gasteiger partial charge in [0.1, 0.15) is 5.75 Å². The number of carbonyl (C=O) groups is 2. The van der Waals surface area contributed by atoms with Gasteiger partial charge in [0, 0.05) is 5.02 Å². The lowest BCUT2D eigenvalue weighted by molar-refractivity contribution is -0.161. The molecule has 0 aliphatic heterocycles. The van der Waals surface area contributed by atoms with Crippen molar-refractivity contribution in [3.63, 3.8) is 0 Å². The molecule has 2 aromatic rings. The number of benzene rings is 2. The van der Waals surface area contributed by atoms with Crippen molar-refractivity contribution in [2.24, 2.45) is 5.92 Å². The van der Waals surface area contributed by atoms with Crippen molar-refractivity contribution in [1.82, 2.24) is 0 Å². The standard InChI is InChI=1S/C26H35ClO5Si/c1-5-30-25(28)22(26(29)31-6-2)17-14-20-12-15-21(16-13-20)32-18-9-19-33(3,4)24-11-8-7-10-23(24)27/h7-8,10-13,15-16,22H,5-6,9,14,17-19H2,1-4H3. The lowest BCUT2D eigenvalue weighted by Gasteiger charge is -2.24. The Morgan fingerprint density at radius 2 is 1.55 bits per heavy atom. The summed E-state index contributed by atoms with van der Waals surface area (Å²) in [7, 11) is -1.61. The highest BCUT2D eigenvalue weighted by Gasteiger charge is 2.29. The zero-order valence-electron chi connectivity index (χ0n) is 20.1. The summed E-state index contributed by atoms with van der Waals surface area (Å²) in [5, 5.41) is 2.15. The Hall–Kier alpha value is -2.31. The van der Waals surface area contributed by atoms with E-state index in [4.69, 9.17) is 25.8 Å². The van der Waals surface area contributed by atoms with Crippen LogP contribution in [0.2, 0.25) is 24.2 Å². The molecule has 0 heterocycles. The normalized spacial score (nSPS) is 11.3. The van der Waals surface area contributed by atoms with Gasteiger partial charge < -0.3 is 14.2 Å². The second kappa shape index (κ2) is 13.4. The van der Waals surface area contributed by atoms with Crippen LogP contribution < -0.4 is 9.92 Å². The number of hydrogen-bond acceptors (Lipinski definition) is 5. The van der Waals surface area contributed by atoms with Crippen molar-refractivity contribution in [2.45, 2.75) is 52.2 Å². The molecule has 7 heteroatoms. The SMILES string of the molecule is CCOC(=O)C(CCc1ccc(OCCC[Si](C)(C)c2ccccc2Cl)cc1)C(=O)OCC. The van der Waals surface area contributed by atoms with Crippen molar-refractivity contribution in [2.75, 3.05) is 19.8 Å². The first-order valence-electron chi connectivity index (χ1n) is 11.6. The van der Waals surface area contributed by atoms with E-state index in [1.807, 2.05) is 36.4 Å². The third-order valence-corrected chi connectivity index (χ3v) is 9.59. The van der Waals surface area contributed by atoms with Crippen LogP contribution in [0.5, 0.6) is 5.75 Å². The largest absolute Gasteiger partial charge is 0.494 e. The molecule has 0 aliphatic rings. The second-order valence-corrected chi connectivity index (χ2v) is 13.8. The number of esters is 2. The minimum Gasteiger partial charge on any atom is -0.494 e. The molecule has 0 atom stereocenters. The predicted octanol–water partition coefficient (Wildman–Crippen LogP) is 5.40. The summed E-state index contributed by atoms with van der Waals surface area (Å²) in [6.45, 7) is 9.23. The van der Waals surface area contributed by atoms with Crippen molar-refractivity contribution in [3.8, 4) is 5.75 Å². The fraction of sp³-hybridized carbons (Fsp3) is 0.462. The van der Waals surface area contributed by atoms with Crippen molar-refractivity contribution in [1.29, 1.82) is 0 Å². The van der Waals surface area contributed by atoms with Gasteiger partial charge in [0.2, 0.25) is 0 Å². The van der Waals surface area contributed by atoms with Crippen molar-refractivity contribution in [3.05, 3.63) is 59.1 Å². The summed E-state index contributed by atoms with van der Waals surface area (Å²) >= 11 is 6.40. The van der Waals surface area contributed by atoms with Crippen LogP contribution in [0.4, 0.5) is 0 Å². The van der Waals surface area contributed by atoms with Gasteiger partial charge in [0.25, 0.3) is 0 Å². The molecule has 0 fully saturated rings. The molecule has 0 N–H and O–H groups in total. The predicted molar refractivity (Wildman–Crippen MR) is 135 cm³/mol. The second-order valence-electron chi connectivity index (χ2n) is 8.56. The van der Waals surface area contributed by atoms with E-state index in [2.05, 4.69) is 25.2 Å². The first-order chi connectivity index (χ1) is 15.8. The number of aryl methyl sites for hydroxylation is 1. The highest BCUT2D eigenvalue weighted by molar-refractivity contribution is 6.91. The molecule has 2 aromatic carbocycles. The zero-order valence-corrected chi connectivity index (χ0v) is 21.8. The molecule has 0 unspecified atom stereocenters. The van der Waals surface area contributed by atoms with Crippen LogP contribution in [0.3, 0.4) is 0 Å². The van der Waals surface area contributed by atoms with Gasteiger partial charge >= 0.3 is 11.9 Å². The van der Waals surface area contributed by atoms with Crippen LogP contribution in [0.25, 0.3) is 0 Å². The highest BCUT2D eigenvalue weighted by Crippen LogP contribution is 2.20. The van der Waals surface area contributed by atoms with Gasteiger partial charge in [-0.15, -0.1) is 0 Å². The zero-order chi connectivity index (χ0) is 24.3. The summed E-state index contributed by atoms with van der Waals surface area (Å²) in [5.74, 6) is -1.15. The van der Waals surface area contributed by atoms with Crippen LogP contribution >= 0.6 is 11.6 Å². The fourth-order valence-corrected chi connectivity index (χ4v) is 7.21. The molecular weight excluding hydrogens is 456 g/mol. The van der Waals surface area contributed by atoms with Gasteiger partial charge in [-0.1, -0.05) is 61.1 Å². The number of ether oxygens (including phenoxy) is 3. The summed E-state index contributed by atoms with van der Waals surface area (Å²) in [6.07, 6.45) is 1.88. The Bertz CT molecular complexity index is 880. The van der Waals surface area contributed by atoms with Crippen LogP contribution in [-0.4, -0.2) is 39.8 Å². The maximum absolute atomic E-state index is 12.1. The molecule has 0 bridgehead atoms. The quantitative estimate of drug-likeness (QED) is 0.163. The van der Waals surface area contributed by atoms with E-state index in [-0.39, 0.29) is 13.2 Å². The monoisotopic (exact) mass is 490 g/mol. The summed E-state index contributed by atoms with van der Waals surface area (Å²) in [4.78, 5) is 24.2. The summed E-state index contributed by atoms with van der Waals surface area (Å²) in [6, 6.07) is 17.0. The molecule has 0 aromatic heterocycles. The molecule has 0 spiro atoms. The maximum atomic E-state index is 12.1. The Morgan fingerprint density at radius 3 is 2.12 bits per heavy atom. The topological polar surface area (TPSA) is 61.8 Å². The molecule has 0 saturated heterocycles.